The molecular formula is C17H30N4O2+2. The molecule has 1 heterocycles. The fourth-order valence-corrected chi connectivity index (χ4v) is 2.83. The van der Waals surface area contributed by atoms with Crippen LogP contribution in [-0.4, -0.2) is 77.8 Å². The van der Waals surface area contributed by atoms with E-state index in [0.29, 0.717) is 6.54 Å². The van der Waals surface area contributed by atoms with Gasteiger partial charge in [0.05, 0.1) is 26.9 Å². The number of piperazine rings is 1. The highest BCUT2D eigenvalue weighted by Crippen LogP contribution is 2.28. The van der Waals surface area contributed by atoms with Gasteiger partial charge in [-0.25, -0.2) is 0 Å². The molecule has 1 fully saturated rings. The van der Waals surface area contributed by atoms with Crippen LogP contribution in [0.4, 0.5) is 5.69 Å². The average molecular weight is 322 g/mol. The van der Waals surface area contributed by atoms with Gasteiger partial charge in [0, 0.05) is 26.2 Å². The van der Waals surface area contributed by atoms with Gasteiger partial charge in [-0.2, -0.15) is 0 Å². The Kier molecular flexibility index (Phi) is 6.67. The Bertz CT molecular complexity index is 499. The number of nitrogens with two attached hydrogens (primary N) is 1. The van der Waals surface area contributed by atoms with Crippen LogP contribution in [0.25, 0.3) is 0 Å². The normalized spacial score (nSPS) is 15.1. The number of anilines is 1. The minimum absolute atomic E-state index is 0.249. The van der Waals surface area contributed by atoms with E-state index in [9.17, 15) is 4.79 Å². The minimum Gasteiger partial charge on any atom is -0.495 e. The Labute approximate surface area is 139 Å². The number of hydrogen-bond donors (Lipinski definition) is 2. The first-order chi connectivity index (χ1) is 11.1. The summed E-state index contributed by atoms with van der Waals surface area (Å²) in [6.07, 6.45) is 0. The molecule has 1 aromatic carbocycles. The van der Waals surface area contributed by atoms with Gasteiger partial charge in [0.1, 0.15) is 18.8 Å². The average Bonchev–Trinajstić information content (AvgIpc) is 2.58. The molecule has 1 aliphatic rings. The van der Waals surface area contributed by atoms with Crippen LogP contribution in [0.15, 0.2) is 24.3 Å². The van der Waals surface area contributed by atoms with E-state index in [1.165, 1.54) is 4.90 Å². The molecule has 0 atom stereocenters. The van der Waals surface area contributed by atoms with Gasteiger partial charge in [-0.15, -0.1) is 0 Å². The van der Waals surface area contributed by atoms with Gasteiger partial charge in [0.25, 0.3) is 5.91 Å². The zero-order valence-corrected chi connectivity index (χ0v) is 14.5. The van der Waals surface area contributed by atoms with E-state index < -0.39 is 0 Å². The maximum Gasteiger partial charge on any atom is 0.277 e. The molecule has 0 aliphatic carbocycles. The van der Waals surface area contributed by atoms with Crippen LogP contribution in [0.3, 0.4) is 0 Å². The van der Waals surface area contributed by atoms with Crippen molar-refractivity contribution in [2.45, 2.75) is 0 Å². The molecule has 3 N–H and O–H groups in total. The number of amides is 1. The summed E-state index contributed by atoms with van der Waals surface area (Å²) in [6, 6.07) is 8.06. The molecule has 1 saturated heterocycles. The predicted octanol–water partition coefficient (Wildman–Crippen LogP) is -1.95. The standard InChI is InChI=1S/C17H28N4O2/c1-19(2)9-8-18-14-17(22)21-12-10-20(11-13-21)15-6-4-5-7-16(15)23-3/h4-7,18H,8-14H2,1-3H3/p+2. The second kappa shape index (κ2) is 8.74. The fraction of sp³-hybridized carbons (Fsp3) is 0.588. The summed E-state index contributed by atoms with van der Waals surface area (Å²) < 4.78 is 5.43. The van der Waals surface area contributed by atoms with Crippen molar-refractivity contribution in [3.05, 3.63) is 24.3 Å². The second-order valence-electron chi connectivity index (χ2n) is 6.28. The van der Waals surface area contributed by atoms with Crippen molar-refractivity contribution in [1.29, 1.82) is 0 Å². The highest BCUT2D eigenvalue weighted by Gasteiger charge is 2.23. The van der Waals surface area contributed by atoms with Crippen LogP contribution in [0.2, 0.25) is 0 Å². The molecule has 128 valence electrons. The maximum absolute atomic E-state index is 12.3. The Morgan fingerprint density at radius 3 is 2.57 bits per heavy atom. The number of rotatable bonds is 7. The van der Waals surface area contributed by atoms with E-state index in [1.54, 1.807) is 7.11 Å². The third-order valence-electron chi connectivity index (χ3n) is 4.23. The lowest BCUT2D eigenvalue weighted by Crippen LogP contribution is -3.09. The molecule has 0 aromatic heterocycles. The van der Waals surface area contributed by atoms with Gasteiger partial charge in [0.15, 0.2) is 6.54 Å². The number of ether oxygens (including phenoxy) is 1. The number of hydrogen-bond acceptors (Lipinski definition) is 3. The molecule has 1 aliphatic heterocycles. The highest BCUT2D eigenvalue weighted by molar-refractivity contribution is 5.77. The molecule has 0 unspecified atom stereocenters. The first-order valence-corrected chi connectivity index (χ1v) is 8.38. The monoisotopic (exact) mass is 322 g/mol. The number of para-hydroxylation sites is 2. The van der Waals surface area contributed by atoms with Crippen LogP contribution >= 0.6 is 0 Å². The third kappa shape index (κ3) is 5.11. The van der Waals surface area contributed by atoms with Crippen molar-refractivity contribution in [3.63, 3.8) is 0 Å². The Morgan fingerprint density at radius 2 is 1.91 bits per heavy atom. The third-order valence-corrected chi connectivity index (χ3v) is 4.23. The molecule has 23 heavy (non-hydrogen) atoms. The van der Waals surface area contributed by atoms with Gasteiger partial charge < -0.3 is 24.8 Å². The van der Waals surface area contributed by atoms with Crippen molar-refractivity contribution < 1.29 is 19.7 Å². The lowest BCUT2D eigenvalue weighted by molar-refractivity contribution is -0.873. The van der Waals surface area contributed by atoms with Gasteiger partial charge in [-0.1, -0.05) is 12.1 Å². The maximum atomic E-state index is 12.3. The zero-order chi connectivity index (χ0) is 16.7. The molecule has 1 amide bonds. The predicted molar refractivity (Wildman–Crippen MR) is 91.1 cm³/mol. The smallest absolute Gasteiger partial charge is 0.277 e. The van der Waals surface area contributed by atoms with Crippen LogP contribution < -0.4 is 19.9 Å². The molecule has 1 aromatic rings. The highest BCUT2D eigenvalue weighted by atomic mass is 16.5. The molecule has 0 bridgehead atoms. The van der Waals surface area contributed by atoms with Crippen molar-refractivity contribution in [1.82, 2.24) is 4.90 Å². The van der Waals surface area contributed by atoms with Crippen molar-refractivity contribution in [2.24, 2.45) is 0 Å². The van der Waals surface area contributed by atoms with E-state index >= 15 is 0 Å². The van der Waals surface area contributed by atoms with Crippen molar-refractivity contribution in [3.8, 4) is 5.75 Å². The Balaban J connectivity index is 1.78. The van der Waals surface area contributed by atoms with Crippen LogP contribution in [-0.2, 0) is 4.79 Å². The molecule has 0 saturated carbocycles. The fourth-order valence-electron chi connectivity index (χ4n) is 2.83. The summed E-state index contributed by atoms with van der Waals surface area (Å²) in [7, 11) is 5.96. The van der Waals surface area contributed by atoms with E-state index in [0.717, 1.165) is 50.7 Å². The number of likely N-dealkylation sites (N-methyl/N-ethyl adjacent to an activating group) is 1. The quantitative estimate of drug-likeness (QED) is 0.574. The first kappa shape index (κ1) is 17.6. The van der Waals surface area contributed by atoms with Crippen LogP contribution in [0.1, 0.15) is 0 Å². The number of nitrogens with one attached hydrogen (secondary N) is 1. The second-order valence-corrected chi connectivity index (χ2v) is 6.28. The number of methoxy groups -OCH3 is 1. The van der Waals surface area contributed by atoms with E-state index in [2.05, 4.69) is 30.4 Å². The number of carbonyl (C=O) groups excluding carboxylic acids is 1. The molecule has 0 spiro atoms. The summed E-state index contributed by atoms with van der Waals surface area (Å²) in [6.45, 7) is 5.90. The van der Waals surface area contributed by atoms with Gasteiger partial charge in [0.2, 0.25) is 0 Å². The Morgan fingerprint density at radius 1 is 1.22 bits per heavy atom. The lowest BCUT2D eigenvalue weighted by atomic mass is 10.2. The van der Waals surface area contributed by atoms with E-state index in [-0.39, 0.29) is 5.91 Å². The van der Waals surface area contributed by atoms with Crippen LogP contribution in [0.5, 0.6) is 5.75 Å². The summed E-state index contributed by atoms with van der Waals surface area (Å²) in [5.74, 6) is 1.14. The van der Waals surface area contributed by atoms with E-state index in [1.807, 2.05) is 23.1 Å². The van der Waals surface area contributed by atoms with Crippen molar-refractivity contribution >= 4 is 11.6 Å². The summed E-state index contributed by atoms with van der Waals surface area (Å²) in [5, 5.41) is 2.11. The topological polar surface area (TPSA) is 53.8 Å². The van der Waals surface area contributed by atoms with E-state index in [4.69, 9.17) is 4.74 Å². The SMILES string of the molecule is COc1ccccc1N1CCN(C(=O)C[NH2+]CC[NH+](C)C)CC1. The van der Waals surface area contributed by atoms with Crippen molar-refractivity contribution in [2.75, 3.05) is 71.9 Å². The molecule has 2 rings (SSSR count). The number of benzene rings is 1. The van der Waals surface area contributed by atoms with Crippen LogP contribution in [0, 0.1) is 0 Å². The Hall–Kier alpha value is -1.79. The first-order valence-electron chi connectivity index (χ1n) is 8.38. The van der Waals surface area contributed by atoms with Gasteiger partial charge in [-0.05, 0) is 12.1 Å². The molecule has 0 radical (unpaired) electrons. The largest absolute Gasteiger partial charge is 0.495 e. The molecule has 6 heteroatoms. The van der Waals surface area contributed by atoms with Gasteiger partial charge >= 0.3 is 0 Å². The lowest BCUT2D eigenvalue weighted by Gasteiger charge is -2.36. The van der Waals surface area contributed by atoms with Gasteiger partial charge in [-0.3, -0.25) is 4.79 Å². The number of carbonyl (C=O) groups is 1. The molecular weight excluding hydrogens is 292 g/mol. The minimum atomic E-state index is 0.249. The zero-order valence-electron chi connectivity index (χ0n) is 14.5. The summed E-state index contributed by atoms with van der Waals surface area (Å²) >= 11 is 0. The summed E-state index contributed by atoms with van der Waals surface area (Å²) in [4.78, 5) is 17.9. The summed E-state index contributed by atoms with van der Waals surface area (Å²) in [5.41, 5.74) is 1.11. The molecule has 6 nitrogen and oxygen atoms in total. The number of nitrogens with zero attached hydrogens (tertiary/aromatic N) is 2. The number of quaternary nitrogens is 2.